The standard InChI is InChI=1S/C23H22Cl2N4O/c24-18-6-4-15(11-19(18)25)22-7-5-17(30-22)14-29-10-8-20-16(13-29)12-27-23(28-20)21-3-1-2-9-26-21/h4-7,11-12H,1-3,8-10,13-14H2. The van der Waals surface area contributed by atoms with Crippen molar-refractivity contribution in [2.75, 3.05) is 13.1 Å². The largest absolute Gasteiger partial charge is 0.460 e. The normalized spacial score (nSPS) is 16.9. The molecule has 5 nitrogen and oxygen atoms in total. The maximum absolute atomic E-state index is 6.13. The van der Waals surface area contributed by atoms with Gasteiger partial charge in [0.2, 0.25) is 0 Å². The van der Waals surface area contributed by atoms with Crippen molar-refractivity contribution in [3.63, 3.8) is 0 Å². The van der Waals surface area contributed by atoms with E-state index in [0.717, 1.165) is 73.3 Å². The van der Waals surface area contributed by atoms with E-state index in [1.54, 1.807) is 6.07 Å². The molecule has 4 heterocycles. The summed E-state index contributed by atoms with van der Waals surface area (Å²) in [6, 6.07) is 9.53. The lowest BCUT2D eigenvalue weighted by molar-refractivity contribution is 0.224. The van der Waals surface area contributed by atoms with Gasteiger partial charge in [0.1, 0.15) is 11.5 Å². The van der Waals surface area contributed by atoms with E-state index in [0.29, 0.717) is 10.0 Å². The fraction of sp³-hybridized carbons (Fsp3) is 0.348. The van der Waals surface area contributed by atoms with Crippen LogP contribution in [0.4, 0.5) is 0 Å². The smallest absolute Gasteiger partial charge is 0.173 e. The molecule has 0 saturated carbocycles. The molecule has 0 amide bonds. The van der Waals surface area contributed by atoms with E-state index in [2.05, 4.69) is 14.9 Å². The predicted molar refractivity (Wildman–Crippen MR) is 119 cm³/mol. The van der Waals surface area contributed by atoms with E-state index in [9.17, 15) is 0 Å². The molecule has 0 fully saturated rings. The molecule has 0 atom stereocenters. The molecular formula is C23H22Cl2N4O. The Kier molecular flexibility index (Phi) is 5.59. The van der Waals surface area contributed by atoms with Crippen LogP contribution in [0.1, 0.15) is 42.1 Å². The number of hydrogen-bond donors (Lipinski definition) is 0. The van der Waals surface area contributed by atoms with Gasteiger partial charge in [-0.15, -0.1) is 0 Å². The fourth-order valence-corrected chi connectivity index (χ4v) is 4.31. The van der Waals surface area contributed by atoms with Crippen molar-refractivity contribution >= 4 is 28.9 Å². The highest BCUT2D eigenvalue weighted by Crippen LogP contribution is 2.30. The van der Waals surface area contributed by atoms with Gasteiger partial charge in [-0.1, -0.05) is 23.2 Å². The number of nitrogens with zero attached hydrogens (tertiary/aromatic N) is 4. The summed E-state index contributed by atoms with van der Waals surface area (Å²) >= 11 is 12.1. The van der Waals surface area contributed by atoms with Crippen molar-refractivity contribution in [1.29, 1.82) is 0 Å². The van der Waals surface area contributed by atoms with Crippen LogP contribution in [0, 0.1) is 0 Å². The van der Waals surface area contributed by atoms with Gasteiger partial charge in [0.25, 0.3) is 0 Å². The summed E-state index contributed by atoms with van der Waals surface area (Å²) in [7, 11) is 0. The van der Waals surface area contributed by atoms with Gasteiger partial charge in [-0.2, -0.15) is 0 Å². The molecule has 30 heavy (non-hydrogen) atoms. The summed E-state index contributed by atoms with van der Waals surface area (Å²) in [4.78, 5) is 16.4. The molecule has 2 aliphatic rings. The molecule has 5 rings (SSSR count). The van der Waals surface area contributed by atoms with Crippen molar-refractivity contribution in [1.82, 2.24) is 14.9 Å². The van der Waals surface area contributed by atoms with Gasteiger partial charge in [-0.25, -0.2) is 9.97 Å². The van der Waals surface area contributed by atoms with Crippen molar-refractivity contribution in [3.05, 3.63) is 69.4 Å². The van der Waals surface area contributed by atoms with Crippen molar-refractivity contribution < 1.29 is 4.42 Å². The molecule has 7 heteroatoms. The van der Waals surface area contributed by atoms with Crippen LogP contribution in [0.25, 0.3) is 11.3 Å². The van der Waals surface area contributed by atoms with Gasteiger partial charge in [-0.05, 0) is 49.6 Å². The lowest BCUT2D eigenvalue weighted by Gasteiger charge is -2.27. The third-order valence-corrected chi connectivity index (χ3v) is 6.38. The number of fused-ring (bicyclic) bond motifs is 1. The van der Waals surface area contributed by atoms with Crippen LogP contribution in [0.15, 0.2) is 45.9 Å². The highest BCUT2D eigenvalue weighted by atomic mass is 35.5. The monoisotopic (exact) mass is 440 g/mol. The first-order valence-corrected chi connectivity index (χ1v) is 11.1. The maximum Gasteiger partial charge on any atom is 0.173 e. The zero-order valence-corrected chi connectivity index (χ0v) is 18.1. The molecule has 0 unspecified atom stereocenters. The van der Waals surface area contributed by atoms with E-state index in [4.69, 9.17) is 32.6 Å². The molecule has 0 aliphatic carbocycles. The van der Waals surface area contributed by atoms with Crippen molar-refractivity contribution in [3.8, 4) is 11.3 Å². The average molecular weight is 441 g/mol. The molecule has 0 radical (unpaired) electrons. The van der Waals surface area contributed by atoms with Crippen LogP contribution in [0.5, 0.6) is 0 Å². The quantitative estimate of drug-likeness (QED) is 0.531. The Bertz CT molecular complexity index is 1110. The summed E-state index contributed by atoms with van der Waals surface area (Å²) in [5.74, 6) is 2.54. The number of halogens is 2. The summed E-state index contributed by atoms with van der Waals surface area (Å²) in [5.41, 5.74) is 4.33. The van der Waals surface area contributed by atoms with Gasteiger partial charge in [-0.3, -0.25) is 9.89 Å². The van der Waals surface area contributed by atoms with E-state index in [-0.39, 0.29) is 0 Å². The zero-order chi connectivity index (χ0) is 20.5. The van der Waals surface area contributed by atoms with E-state index in [1.807, 2.05) is 30.5 Å². The predicted octanol–water partition coefficient (Wildman–Crippen LogP) is 5.57. The lowest BCUT2D eigenvalue weighted by atomic mass is 10.1. The van der Waals surface area contributed by atoms with E-state index in [1.165, 1.54) is 18.4 Å². The van der Waals surface area contributed by atoms with Crippen LogP contribution in [0.3, 0.4) is 0 Å². The summed E-state index contributed by atoms with van der Waals surface area (Å²) in [6.45, 7) is 3.41. The Morgan fingerprint density at radius 3 is 2.80 bits per heavy atom. The second-order valence-electron chi connectivity index (χ2n) is 7.81. The molecule has 0 spiro atoms. The third-order valence-electron chi connectivity index (χ3n) is 5.64. The Labute approximate surface area is 185 Å². The minimum atomic E-state index is 0.526. The van der Waals surface area contributed by atoms with Crippen LogP contribution in [0.2, 0.25) is 10.0 Å². The van der Waals surface area contributed by atoms with Crippen molar-refractivity contribution in [2.45, 2.75) is 38.8 Å². The first-order valence-electron chi connectivity index (χ1n) is 10.3. The average Bonchev–Trinajstić information content (AvgIpc) is 3.24. The highest BCUT2D eigenvalue weighted by molar-refractivity contribution is 6.42. The lowest BCUT2D eigenvalue weighted by Crippen LogP contribution is -2.31. The number of benzene rings is 1. The van der Waals surface area contributed by atoms with Crippen LogP contribution in [-0.2, 0) is 19.5 Å². The molecule has 2 aromatic heterocycles. The number of furan rings is 1. The summed E-state index contributed by atoms with van der Waals surface area (Å²) in [6.07, 6.45) is 6.23. The molecule has 0 bridgehead atoms. The number of rotatable bonds is 4. The minimum Gasteiger partial charge on any atom is -0.460 e. The first kappa shape index (κ1) is 19.7. The Morgan fingerprint density at radius 1 is 1.03 bits per heavy atom. The molecule has 1 aromatic carbocycles. The second-order valence-corrected chi connectivity index (χ2v) is 8.62. The highest BCUT2D eigenvalue weighted by Gasteiger charge is 2.21. The minimum absolute atomic E-state index is 0.526. The van der Waals surface area contributed by atoms with Crippen molar-refractivity contribution in [2.24, 2.45) is 4.99 Å². The Balaban J connectivity index is 1.27. The number of aromatic nitrogens is 2. The van der Waals surface area contributed by atoms with Crippen LogP contribution in [-0.4, -0.2) is 33.7 Å². The first-order chi connectivity index (χ1) is 14.7. The van der Waals surface area contributed by atoms with E-state index < -0.39 is 0 Å². The van der Waals surface area contributed by atoms with Gasteiger partial charge in [0.05, 0.1) is 28.0 Å². The second kappa shape index (κ2) is 8.50. The summed E-state index contributed by atoms with van der Waals surface area (Å²) in [5, 5.41) is 1.07. The fourth-order valence-electron chi connectivity index (χ4n) is 4.02. The zero-order valence-electron chi connectivity index (χ0n) is 16.6. The van der Waals surface area contributed by atoms with Gasteiger partial charge in [0.15, 0.2) is 5.82 Å². The number of hydrogen-bond acceptors (Lipinski definition) is 5. The molecule has 3 aromatic rings. The Morgan fingerprint density at radius 2 is 1.97 bits per heavy atom. The molecule has 0 N–H and O–H groups in total. The molecule has 0 saturated heterocycles. The van der Waals surface area contributed by atoms with E-state index >= 15 is 0 Å². The van der Waals surface area contributed by atoms with Gasteiger partial charge in [0, 0.05) is 43.4 Å². The van der Waals surface area contributed by atoms with Crippen LogP contribution >= 0.6 is 23.2 Å². The maximum atomic E-state index is 6.13. The number of aliphatic imine (C=N–C) groups is 1. The Hall–Kier alpha value is -2.21. The summed E-state index contributed by atoms with van der Waals surface area (Å²) < 4.78 is 6.06. The molecular weight excluding hydrogens is 419 g/mol. The molecule has 2 aliphatic heterocycles. The molecule has 154 valence electrons. The topological polar surface area (TPSA) is 54.5 Å². The van der Waals surface area contributed by atoms with Crippen LogP contribution < -0.4 is 0 Å². The van der Waals surface area contributed by atoms with Gasteiger partial charge >= 0.3 is 0 Å². The SMILES string of the molecule is Clc1ccc(-c2ccc(CN3CCc4nc(C5=NCCCC5)ncc4C3)o2)cc1Cl. The third kappa shape index (κ3) is 4.15. The van der Waals surface area contributed by atoms with Gasteiger partial charge < -0.3 is 4.42 Å².